The van der Waals surface area contributed by atoms with Crippen LogP contribution < -0.4 is 4.90 Å². The van der Waals surface area contributed by atoms with Crippen LogP contribution in [0.15, 0.2) is 59.8 Å². The predicted molar refractivity (Wildman–Crippen MR) is 120 cm³/mol. The molecule has 0 N–H and O–H groups in total. The first kappa shape index (κ1) is 19.4. The summed E-state index contributed by atoms with van der Waals surface area (Å²) in [5.74, 6) is 1.70. The van der Waals surface area contributed by atoms with Crippen LogP contribution in [-0.2, 0) is 17.8 Å². The van der Waals surface area contributed by atoms with Crippen LogP contribution in [0.25, 0.3) is 0 Å². The Labute approximate surface area is 181 Å². The summed E-state index contributed by atoms with van der Waals surface area (Å²) in [4.78, 5) is 15.4. The van der Waals surface area contributed by atoms with Gasteiger partial charge in [-0.05, 0) is 50.3 Å². The monoisotopic (exact) mass is 418 g/mol. The number of fused-ring (bicyclic) bond motifs is 1. The minimum atomic E-state index is -0.232. The fourth-order valence-corrected chi connectivity index (χ4v) is 5.15. The molecule has 5 rings (SSSR count). The Morgan fingerprint density at radius 1 is 1.10 bits per heavy atom. The van der Waals surface area contributed by atoms with E-state index in [1.807, 2.05) is 30.0 Å². The molecule has 1 aromatic heterocycles. The van der Waals surface area contributed by atoms with Gasteiger partial charge in [0.25, 0.3) is 0 Å². The van der Waals surface area contributed by atoms with E-state index < -0.39 is 0 Å². The van der Waals surface area contributed by atoms with Crippen molar-refractivity contribution in [2.75, 3.05) is 4.90 Å². The summed E-state index contributed by atoms with van der Waals surface area (Å²) in [6.45, 7) is 4.85. The van der Waals surface area contributed by atoms with Gasteiger partial charge in [0.05, 0.1) is 11.8 Å². The summed E-state index contributed by atoms with van der Waals surface area (Å²) >= 11 is 1.53. The maximum absolute atomic E-state index is 13.4. The van der Waals surface area contributed by atoms with E-state index in [0.717, 1.165) is 29.6 Å². The van der Waals surface area contributed by atoms with Gasteiger partial charge >= 0.3 is 0 Å². The van der Waals surface area contributed by atoms with Gasteiger partial charge in [-0.3, -0.25) is 4.79 Å². The second-order valence-electron chi connectivity index (χ2n) is 8.34. The van der Waals surface area contributed by atoms with E-state index in [9.17, 15) is 4.79 Å². The summed E-state index contributed by atoms with van der Waals surface area (Å²) in [7, 11) is 0. The van der Waals surface area contributed by atoms with Gasteiger partial charge in [0, 0.05) is 17.6 Å². The highest BCUT2D eigenvalue weighted by molar-refractivity contribution is 8.00. The molecule has 154 valence electrons. The van der Waals surface area contributed by atoms with Gasteiger partial charge in [0.15, 0.2) is 5.16 Å². The quantitative estimate of drug-likeness (QED) is 0.546. The fraction of sp³-hybridized carbons (Fsp3) is 0.375. The minimum absolute atomic E-state index is 0.139. The van der Waals surface area contributed by atoms with Crippen molar-refractivity contribution in [3.63, 3.8) is 0 Å². The summed E-state index contributed by atoms with van der Waals surface area (Å²) < 4.78 is 2.21. The van der Waals surface area contributed by atoms with Crippen LogP contribution >= 0.6 is 11.8 Å². The molecule has 3 aromatic rings. The molecule has 1 aliphatic heterocycles. The molecule has 2 aromatic carbocycles. The van der Waals surface area contributed by atoms with E-state index in [1.54, 1.807) is 0 Å². The zero-order valence-corrected chi connectivity index (χ0v) is 18.2. The SMILES string of the molecule is C[C@H](Sc1nnc(C2CC2)n1Cc1ccccc1)C(=O)N1c2ccccc2C[C@H]1C. The van der Waals surface area contributed by atoms with E-state index in [0.29, 0.717) is 5.92 Å². The molecule has 2 aliphatic rings. The van der Waals surface area contributed by atoms with Crippen LogP contribution in [0.1, 0.15) is 49.6 Å². The first-order valence-corrected chi connectivity index (χ1v) is 11.5. The molecule has 2 heterocycles. The highest BCUT2D eigenvalue weighted by Crippen LogP contribution is 2.41. The van der Waals surface area contributed by atoms with E-state index in [-0.39, 0.29) is 17.2 Å². The van der Waals surface area contributed by atoms with Crippen LogP contribution in [0.5, 0.6) is 0 Å². The molecule has 5 nitrogen and oxygen atoms in total. The Morgan fingerprint density at radius 3 is 2.60 bits per heavy atom. The largest absolute Gasteiger partial charge is 0.308 e. The van der Waals surface area contributed by atoms with Crippen molar-refractivity contribution in [1.29, 1.82) is 0 Å². The molecule has 0 radical (unpaired) electrons. The average molecular weight is 419 g/mol. The van der Waals surface area contributed by atoms with Gasteiger partial charge < -0.3 is 9.47 Å². The number of amides is 1. The number of hydrogen-bond donors (Lipinski definition) is 0. The van der Waals surface area contributed by atoms with E-state index in [1.165, 1.54) is 35.7 Å². The lowest BCUT2D eigenvalue weighted by Gasteiger charge is -2.25. The number of para-hydroxylation sites is 1. The molecule has 1 aliphatic carbocycles. The molecule has 6 heteroatoms. The summed E-state index contributed by atoms with van der Waals surface area (Å²) in [5.41, 5.74) is 3.52. The maximum Gasteiger partial charge on any atom is 0.240 e. The van der Waals surface area contributed by atoms with Crippen molar-refractivity contribution in [3.05, 3.63) is 71.5 Å². The third kappa shape index (κ3) is 3.65. The lowest BCUT2D eigenvalue weighted by molar-refractivity contribution is -0.118. The average Bonchev–Trinajstić information content (AvgIpc) is 3.44. The molecule has 1 fully saturated rings. The molecule has 1 amide bonds. The first-order valence-electron chi connectivity index (χ1n) is 10.7. The van der Waals surface area contributed by atoms with E-state index in [4.69, 9.17) is 0 Å². The third-order valence-electron chi connectivity index (χ3n) is 5.95. The van der Waals surface area contributed by atoms with Crippen LogP contribution in [0.4, 0.5) is 5.69 Å². The smallest absolute Gasteiger partial charge is 0.240 e. The number of thioether (sulfide) groups is 1. The van der Waals surface area contributed by atoms with Gasteiger partial charge in [-0.25, -0.2) is 0 Å². The summed E-state index contributed by atoms with van der Waals surface area (Å²) in [5, 5.41) is 9.60. The molecule has 0 saturated heterocycles. The van der Waals surface area contributed by atoms with Crippen molar-refractivity contribution in [2.24, 2.45) is 0 Å². The highest BCUT2D eigenvalue weighted by atomic mass is 32.2. The minimum Gasteiger partial charge on any atom is -0.308 e. The van der Waals surface area contributed by atoms with Gasteiger partial charge in [-0.1, -0.05) is 60.3 Å². The zero-order valence-electron chi connectivity index (χ0n) is 17.4. The third-order valence-corrected chi connectivity index (χ3v) is 7.01. The lowest BCUT2D eigenvalue weighted by Crippen LogP contribution is -2.40. The van der Waals surface area contributed by atoms with E-state index >= 15 is 0 Å². The topological polar surface area (TPSA) is 51.0 Å². The molecular weight excluding hydrogens is 392 g/mol. The highest BCUT2D eigenvalue weighted by Gasteiger charge is 2.35. The van der Waals surface area contributed by atoms with Gasteiger partial charge in [0.1, 0.15) is 5.82 Å². The Hall–Kier alpha value is -2.60. The Kier molecular flexibility index (Phi) is 5.11. The predicted octanol–water partition coefficient (Wildman–Crippen LogP) is 4.66. The van der Waals surface area contributed by atoms with Crippen LogP contribution in [0, 0.1) is 0 Å². The van der Waals surface area contributed by atoms with Crippen molar-refractivity contribution < 1.29 is 4.79 Å². The number of hydrogen-bond acceptors (Lipinski definition) is 4. The Morgan fingerprint density at radius 2 is 1.83 bits per heavy atom. The number of aromatic nitrogens is 3. The second kappa shape index (κ2) is 7.91. The number of carbonyl (C=O) groups is 1. The summed E-state index contributed by atoms with van der Waals surface area (Å²) in [6, 6.07) is 18.8. The van der Waals surface area contributed by atoms with Crippen molar-refractivity contribution in [2.45, 2.75) is 62.0 Å². The lowest BCUT2D eigenvalue weighted by atomic mass is 10.1. The number of rotatable bonds is 6. The number of nitrogens with zero attached hydrogens (tertiary/aromatic N) is 4. The molecule has 0 bridgehead atoms. The molecule has 30 heavy (non-hydrogen) atoms. The van der Waals surface area contributed by atoms with Crippen LogP contribution in [-0.4, -0.2) is 32.0 Å². The van der Waals surface area contributed by atoms with Gasteiger partial charge in [-0.15, -0.1) is 10.2 Å². The molecule has 0 unspecified atom stereocenters. The molecule has 2 atom stereocenters. The zero-order chi connectivity index (χ0) is 20.7. The second-order valence-corrected chi connectivity index (χ2v) is 9.64. The van der Waals surface area contributed by atoms with Crippen molar-refractivity contribution in [1.82, 2.24) is 14.8 Å². The number of anilines is 1. The first-order chi connectivity index (χ1) is 14.6. The van der Waals surface area contributed by atoms with E-state index in [2.05, 4.69) is 58.1 Å². The number of carbonyl (C=O) groups excluding carboxylic acids is 1. The maximum atomic E-state index is 13.4. The standard InChI is InChI=1S/C24H26N4OS/c1-16-14-20-10-6-7-11-21(20)28(16)23(29)17(2)30-24-26-25-22(19-12-13-19)27(24)15-18-8-4-3-5-9-18/h3-11,16-17,19H,12-15H2,1-2H3/t16-,17+/m1/s1. The van der Waals surface area contributed by atoms with Gasteiger partial charge in [-0.2, -0.15) is 0 Å². The van der Waals surface area contributed by atoms with Crippen LogP contribution in [0.2, 0.25) is 0 Å². The Bertz CT molecular complexity index is 1060. The fourth-order valence-electron chi connectivity index (χ4n) is 4.25. The summed E-state index contributed by atoms with van der Waals surface area (Å²) in [6.07, 6.45) is 3.26. The molecule has 0 spiro atoms. The normalized spacial score (nSPS) is 19.0. The Balaban J connectivity index is 1.38. The number of benzene rings is 2. The van der Waals surface area contributed by atoms with Crippen LogP contribution in [0.3, 0.4) is 0 Å². The van der Waals surface area contributed by atoms with Gasteiger partial charge in [0.2, 0.25) is 5.91 Å². The van der Waals surface area contributed by atoms with Crippen molar-refractivity contribution in [3.8, 4) is 0 Å². The molecular formula is C24H26N4OS. The van der Waals surface area contributed by atoms with Crippen molar-refractivity contribution >= 4 is 23.4 Å². The molecule has 1 saturated carbocycles.